The summed E-state index contributed by atoms with van der Waals surface area (Å²) in [4.78, 5) is 27.3. The summed E-state index contributed by atoms with van der Waals surface area (Å²) in [6.45, 7) is 1.59. The van der Waals surface area contributed by atoms with E-state index in [0.29, 0.717) is 15.8 Å². The molecule has 9 nitrogen and oxygen atoms in total. The smallest absolute Gasteiger partial charge is 0.273 e. The van der Waals surface area contributed by atoms with Crippen molar-refractivity contribution in [3.8, 4) is 0 Å². The number of nitro groups is 1. The molecule has 0 saturated carbocycles. The number of hydrogen-bond donors (Lipinski definition) is 1. The molecule has 0 saturated heterocycles. The summed E-state index contributed by atoms with van der Waals surface area (Å²) >= 11 is 1.12. The molecular weight excluding hydrogens is 404 g/mol. The van der Waals surface area contributed by atoms with Crippen LogP contribution in [-0.2, 0) is 10.0 Å². The van der Waals surface area contributed by atoms with Gasteiger partial charge in [-0.1, -0.05) is 17.4 Å². The Labute approximate surface area is 164 Å². The zero-order chi connectivity index (χ0) is 20.6. The molecule has 1 amide bonds. The first-order valence-corrected chi connectivity index (χ1v) is 10.2. The molecule has 0 unspecified atom stereocenters. The van der Waals surface area contributed by atoms with Crippen molar-refractivity contribution in [2.75, 3.05) is 19.4 Å². The van der Waals surface area contributed by atoms with Crippen LogP contribution >= 0.6 is 11.3 Å². The Kier molecular flexibility index (Phi) is 5.15. The molecule has 1 N–H and O–H groups in total. The minimum Gasteiger partial charge on any atom is -0.298 e. The van der Waals surface area contributed by atoms with E-state index in [-0.39, 0.29) is 21.3 Å². The molecule has 0 spiro atoms. The second-order valence-electron chi connectivity index (χ2n) is 6.15. The third-order valence-electron chi connectivity index (χ3n) is 4.03. The number of amides is 1. The number of fused-ring (bicyclic) bond motifs is 1. The maximum absolute atomic E-state index is 12.4. The lowest BCUT2D eigenvalue weighted by atomic mass is 10.1. The Morgan fingerprint density at radius 2 is 1.93 bits per heavy atom. The first-order valence-electron chi connectivity index (χ1n) is 7.99. The van der Waals surface area contributed by atoms with Gasteiger partial charge >= 0.3 is 0 Å². The van der Waals surface area contributed by atoms with E-state index >= 15 is 0 Å². The van der Waals surface area contributed by atoms with E-state index in [9.17, 15) is 23.3 Å². The van der Waals surface area contributed by atoms with Gasteiger partial charge in [-0.05, 0) is 31.2 Å². The number of thiazole rings is 1. The van der Waals surface area contributed by atoms with Crippen LogP contribution in [0.15, 0.2) is 41.3 Å². The predicted octanol–water partition coefficient (Wildman–Crippen LogP) is 3.02. The summed E-state index contributed by atoms with van der Waals surface area (Å²) in [6.07, 6.45) is 0. The Hall–Kier alpha value is -2.89. The summed E-state index contributed by atoms with van der Waals surface area (Å²) < 4.78 is 26.2. The fraction of sp³-hybridized carbons (Fsp3) is 0.176. The summed E-state index contributed by atoms with van der Waals surface area (Å²) in [6, 6.07) is 8.71. The van der Waals surface area contributed by atoms with Crippen molar-refractivity contribution >= 4 is 48.3 Å². The van der Waals surface area contributed by atoms with Crippen molar-refractivity contribution in [1.82, 2.24) is 9.29 Å². The van der Waals surface area contributed by atoms with Crippen LogP contribution in [0.3, 0.4) is 0 Å². The van der Waals surface area contributed by atoms with Gasteiger partial charge in [0.1, 0.15) is 0 Å². The Morgan fingerprint density at radius 3 is 2.57 bits per heavy atom. The first-order chi connectivity index (χ1) is 13.1. The monoisotopic (exact) mass is 420 g/mol. The van der Waals surface area contributed by atoms with Gasteiger partial charge in [-0.2, -0.15) is 0 Å². The van der Waals surface area contributed by atoms with Gasteiger partial charge in [0, 0.05) is 31.3 Å². The first kappa shape index (κ1) is 19.9. The molecular formula is C17H16N4O5S2. The van der Waals surface area contributed by atoms with Crippen molar-refractivity contribution < 1.29 is 18.1 Å². The molecule has 2 aromatic carbocycles. The molecule has 0 aliphatic heterocycles. The van der Waals surface area contributed by atoms with Gasteiger partial charge in [0.2, 0.25) is 10.0 Å². The highest BCUT2D eigenvalue weighted by Gasteiger charge is 2.19. The van der Waals surface area contributed by atoms with Crippen LogP contribution in [0.1, 0.15) is 15.9 Å². The Bertz CT molecular complexity index is 1200. The topological polar surface area (TPSA) is 123 Å². The van der Waals surface area contributed by atoms with Gasteiger partial charge in [0.15, 0.2) is 5.13 Å². The van der Waals surface area contributed by atoms with Gasteiger partial charge in [0.05, 0.1) is 20.0 Å². The average Bonchev–Trinajstić information content (AvgIpc) is 3.02. The molecule has 0 atom stereocenters. The quantitative estimate of drug-likeness (QED) is 0.500. The molecule has 1 aromatic heterocycles. The number of hydrogen-bond acceptors (Lipinski definition) is 7. The Balaban J connectivity index is 1.90. The van der Waals surface area contributed by atoms with Crippen LogP contribution in [-0.4, -0.2) is 42.6 Å². The molecule has 0 fully saturated rings. The van der Waals surface area contributed by atoms with Gasteiger partial charge in [-0.3, -0.25) is 20.2 Å². The summed E-state index contributed by atoms with van der Waals surface area (Å²) in [7, 11) is -0.695. The summed E-state index contributed by atoms with van der Waals surface area (Å²) in [5, 5.41) is 13.9. The molecule has 0 radical (unpaired) electrons. The minimum atomic E-state index is -3.58. The predicted molar refractivity (Wildman–Crippen MR) is 106 cm³/mol. The average molecular weight is 420 g/mol. The van der Waals surface area contributed by atoms with Crippen molar-refractivity contribution in [2.45, 2.75) is 11.8 Å². The third-order valence-corrected chi connectivity index (χ3v) is 6.77. The van der Waals surface area contributed by atoms with Crippen LogP contribution in [0.4, 0.5) is 10.8 Å². The molecule has 1 heterocycles. The van der Waals surface area contributed by atoms with Crippen LogP contribution in [0, 0.1) is 17.0 Å². The maximum atomic E-state index is 12.4. The van der Waals surface area contributed by atoms with Crippen LogP contribution in [0.2, 0.25) is 0 Å². The van der Waals surface area contributed by atoms with E-state index in [1.807, 2.05) is 0 Å². The van der Waals surface area contributed by atoms with Gasteiger partial charge < -0.3 is 0 Å². The van der Waals surface area contributed by atoms with Crippen LogP contribution in [0.5, 0.6) is 0 Å². The largest absolute Gasteiger partial charge is 0.298 e. The number of nitrogens with zero attached hydrogens (tertiary/aromatic N) is 3. The van der Waals surface area contributed by atoms with Crippen LogP contribution < -0.4 is 5.32 Å². The third kappa shape index (κ3) is 3.72. The van der Waals surface area contributed by atoms with E-state index in [0.717, 1.165) is 15.6 Å². The standard InChI is InChI=1S/C17H16N4O5S2/c1-10-4-5-11(8-14(10)21(23)24)16(22)19-17-18-13-7-6-12(9-15(13)27-17)28(25,26)20(2)3/h4-9H,1-3H3,(H,18,19,22). The second-order valence-corrected chi connectivity index (χ2v) is 9.33. The molecule has 0 aliphatic carbocycles. The minimum absolute atomic E-state index is 0.126. The highest BCUT2D eigenvalue weighted by Crippen LogP contribution is 2.29. The van der Waals surface area contributed by atoms with Crippen molar-refractivity contribution in [2.24, 2.45) is 0 Å². The zero-order valence-corrected chi connectivity index (χ0v) is 16.8. The molecule has 28 heavy (non-hydrogen) atoms. The van der Waals surface area contributed by atoms with E-state index in [1.165, 1.54) is 44.4 Å². The highest BCUT2D eigenvalue weighted by molar-refractivity contribution is 7.89. The molecule has 0 bridgehead atoms. The van der Waals surface area contributed by atoms with Gasteiger partial charge in [-0.15, -0.1) is 0 Å². The lowest BCUT2D eigenvalue weighted by Gasteiger charge is -2.10. The number of anilines is 1. The number of benzene rings is 2. The molecule has 3 rings (SSSR count). The van der Waals surface area contributed by atoms with Gasteiger partial charge in [-0.25, -0.2) is 17.7 Å². The molecule has 0 aliphatic rings. The fourth-order valence-corrected chi connectivity index (χ4v) is 4.35. The number of carbonyl (C=O) groups is 1. The van der Waals surface area contributed by atoms with E-state index in [1.54, 1.807) is 13.0 Å². The lowest BCUT2D eigenvalue weighted by molar-refractivity contribution is -0.385. The maximum Gasteiger partial charge on any atom is 0.273 e. The second kappa shape index (κ2) is 7.26. The molecule has 3 aromatic rings. The number of rotatable bonds is 5. The molecule has 146 valence electrons. The SMILES string of the molecule is Cc1ccc(C(=O)Nc2nc3ccc(S(=O)(=O)N(C)C)cc3s2)cc1[N+](=O)[O-]. The van der Waals surface area contributed by atoms with Gasteiger partial charge in [0.25, 0.3) is 11.6 Å². The zero-order valence-electron chi connectivity index (χ0n) is 15.2. The number of sulfonamides is 1. The number of nitrogens with one attached hydrogen (secondary N) is 1. The normalized spacial score (nSPS) is 11.7. The number of nitro benzene ring substituents is 1. The number of aromatic nitrogens is 1. The lowest BCUT2D eigenvalue weighted by Crippen LogP contribution is -2.22. The van der Waals surface area contributed by atoms with Crippen molar-refractivity contribution in [1.29, 1.82) is 0 Å². The summed E-state index contributed by atoms with van der Waals surface area (Å²) in [5.41, 5.74) is 0.979. The van der Waals surface area contributed by atoms with Crippen LogP contribution in [0.25, 0.3) is 10.2 Å². The van der Waals surface area contributed by atoms with Crippen molar-refractivity contribution in [3.05, 3.63) is 57.6 Å². The number of carbonyl (C=O) groups excluding carboxylic acids is 1. The Morgan fingerprint density at radius 1 is 1.21 bits per heavy atom. The van der Waals surface area contributed by atoms with E-state index in [2.05, 4.69) is 10.3 Å². The highest BCUT2D eigenvalue weighted by atomic mass is 32.2. The van der Waals surface area contributed by atoms with E-state index < -0.39 is 20.9 Å². The fourth-order valence-electron chi connectivity index (χ4n) is 2.45. The van der Waals surface area contributed by atoms with Crippen molar-refractivity contribution in [3.63, 3.8) is 0 Å². The van der Waals surface area contributed by atoms with E-state index in [4.69, 9.17) is 0 Å². The number of aryl methyl sites for hydroxylation is 1. The molecule has 11 heteroatoms. The summed E-state index contributed by atoms with van der Waals surface area (Å²) in [5.74, 6) is -0.539.